The summed E-state index contributed by atoms with van der Waals surface area (Å²) in [7, 11) is 1.55. The maximum Gasteiger partial charge on any atom is 0.252 e. The molecule has 0 saturated carbocycles. The molecule has 0 aliphatic heterocycles. The average Bonchev–Trinajstić information content (AvgIpc) is 2.37. The van der Waals surface area contributed by atoms with Crippen LogP contribution in [0.1, 0.15) is 6.42 Å². The normalized spacial score (nSPS) is 10.7. The minimum absolute atomic E-state index is 0.0632. The number of hydrogen-bond acceptors (Lipinski definition) is 4. The topological polar surface area (TPSA) is 70.1 Å². The fraction of sp³-hybridized carbons (Fsp3) is 0.333. The second-order valence-electron chi connectivity index (χ2n) is 3.73. The van der Waals surface area contributed by atoms with Gasteiger partial charge in [-0.25, -0.2) is 0 Å². The summed E-state index contributed by atoms with van der Waals surface area (Å²) in [6, 6.07) is 6.98. The molecule has 0 radical (unpaired) electrons. The number of rotatable bonds is 4. The predicted molar refractivity (Wildman–Crippen MR) is 66.2 cm³/mol. The zero-order chi connectivity index (χ0) is 12.3. The van der Waals surface area contributed by atoms with E-state index >= 15 is 0 Å². The lowest BCUT2D eigenvalue weighted by molar-refractivity contribution is 0.398. The van der Waals surface area contributed by atoms with Gasteiger partial charge in [0, 0.05) is 24.1 Å². The van der Waals surface area contributed by atoms with Crippen LogP contribution in [0.3, 0.4) is 0 Å². The summed E-state index contributed by atoms with van der Waals surface area (Å²) < 4.78 is 6.70. The third-order valence-corrected chi connectivity index (χ3v) is 2.60. The van der Waals surface area contributed by atoms with E-state index in [0.29, 0.717) is 24.6 Å². The van der Waals surface area contributed by atoms with Crippen molar-refractivity contribution in [3.05, 3.63) is 34.6 Å². The second kappa shape index (κ2) is 4.97. The first-order valence-corrected chi connectivity index (χ1v) is 5.51. The average molecular weight is 233 g/mol. The monoisotopic (exact) mass is 233 g/mol. The van der Waals surface area contributed by atoms with Gasteiger partial charge >= 0.3 is 0 Å². The van der Waals surface area contributed by atoms with Crippen LogP contribution in [-0.4, -0.2) is 23.2 Å². The maximum absolute atomic E-state index is 11.8. The first kappa shape index (κ1) is 11.6. The van der Waals surface area contributed by atoms with Crippen LogP contribution in [0.5, 0.6) is 5.88 Å². The number of aryl methyl sites for hydroxylation is 1. The van der Waals surface area contributed by atoms with Crippen molar-refractivity contribution in [1.82, 2.24) is 9.55 Å². The fourth-order valence-corrected chi connectivity index (χ4v) is 1.72. The summed E-state index contributed by atoms with van der Waals surface area (Å²) in [4.78, 5) is 16.1. The Hall–Kier alpha value is -1.88. The Bertz CT molecular complexity index is 577. The van der Waals surface area contributed by atoms with Gasteiger partial charge in [-0.15, -0.1) is 0 Å². The zero-order valence-electron chi connectivity index (χ0n) is 9.72. The van der Waals surface area contributed by atoms with Crippen LogP contribution in [0.4, 0.5) is 0 Å². The fourth-order valence-electron chi connectivity index (χ4n) is 1.72. The van der Waals surface area contributed by atoms with Gasteiger partial charge in [-0.2, -0.15) is 4.98 Å². The lowest BCUT2D eigenvalue weighted by Gasteiger charge is -2.09. The maximum atomic E-state index is 11.8. The van der Waals surface area contributed by atoms with Gasteiger partial charge in [0.1, 0.15) is 5.65 Å². The SMILES string of the molecule is COc1ccc2ccc(=O)n(CCCN)c2n1. The van der Waals surface area contributed by atoms with Crippen LogP contribution in [0.15, 0.2) is 29.1 Å². The third-order valence-electron chi connectivity index (χ3n) is 2.60. The van der Waals surface area contributed by atoms with E-state index in [0.717, 1.165) is 11.8 Å². The summed E-state index contributed by atoms with van der Waals surface area (Å²) in [5, 5.41) is 0.919. The van der Waals surface area contributed by atoms with Crippen molar-refractivity contribution in [3.8, 4) is 5.88 Å². The Kier molecular flexibility index (Phi) is 3.39. The van der Waals surface area contributed by atoms with E-state index in [9.17, 15) is 4.79 Å². The van der Waals surface area contributed by atoms with Crippen LogP contribution < -0.4 is 16.0 Å². The molecule has 2 N–H and O–H groups in total. The third kappa shape index (κ3) is 2.29. The minimum atomic E-state index is -0.0632. The molecule has 0 saturated heterocycles. The van der Waals surface area contributed by atoms with E-state index in [1.807, 2.05) is 6.07 Å². The molecule has 2 heterocycles. The summed E-state index contributed by atoms with van der Waals surface area (Å²) in [5.74, 6) is 0.504. The largest absolute Gasteiger partial charge is 0.481 e. The van der Waals surface area contributed by atoms with Crippen molar-refractivity contribution < 1.29 is 4.74 Å². The van der Waals surface area contributed by atoms with Gasteiger partial charge in [-0.1, -0.05) is 0 Å². The molecular formula is C12H15N3O2. The van der Waals surface area contributed by atoms with Crippen molar-refractivity contribution in [2.24, 2.45) is 5.73 Å². The molecular weight excluding hydrogens is 218 g/mol. The van der Waals surface area contributed by atoms with E-state index in [-0.39, 0.29) is 5.56 Å². The first-order chi connectivity index (χ1) is 8.26. The van der Waals surface area contributed by atoms with Crippen LogP contribution in [0.25, 0.3) is 11.0 Å². The van der Waals surface area contributed by atoms with Crippen molar-refractivity contribution in [2.75, 3.05) is 13.7 Å². The lowest BCUT2D eigenvalue weighted by atomic mass is 10.2. The molecule has 5 nitrogen and oxygen atoms in total. The lowest BCUT2D eigenvalue weighted by Crippen LogP contribution is -2.21. The smallest absolute Gasteiger partial charge is 0.252 e. The van der Waals surface area contributed by atoms with Crippen LogP contribution >= 0.6 is 0 Å². The van der Waals surface area contributed by atoms with Gasteiger partial charge in [0.25, 0.3) is 5.56 Å². The highest BCUT2D eigenvalue weighted by Gasteiger charge is 2.05. The molecule has 2 aromatic heterocycles. The molecule has 0 aliphatic carbocycles. The van der Waals surface area contributed by atoms with E-state index in [1.54, 1.807) is 29.9 Å². The molecule has 0 atom stereocenters. The number of aromatic nitrogens is 2. The molecule has 0 amide bonds. The van der Waals surface area contributed by atoms with E-state index in [4.69, 9.17) is 10.5 Å². The Morgan fingerprint density at radius 3 is 2.82 bits per heavy atom. The molecule has 0 aliphatic rings. The second-order valence-corrected chi connectivity index (χ2v) is 3.73. The molecule has 0 fully saturated rings. The number of nitrogens with zero attached hydrogens (tertiary/aromatic N) is 2. The van der Waals surface area contributed by atoms with Crippen molar-refractivity contribution in [3.63, 3.8) is 0 Å². The molecule has 90 valence electrons. The molecule has 0 bridgehead atoms. The Balaban J connectivity index is 2.60. The van der Waals surface area contributed by atoms with Gasteiger partial charge in [-0.05, 0) is 25.1 Å². The highest BCUT2D eigenvalue weighted by atomic mass is 16.5. The molecule has 0 aromatic carbocycles. The van der Waals surface area contributed by atoms with Crippen molar-refractivity contribution in [2.45, 2.75) is 13.0 Å². The standard InChI is InChI=1S/C12H15N3O2/c1-17-10-5-3-9-4-6-11(16)15(8-2-7-13)12(9)14-10/h3-6H,2,7-8,13H2,1H3. The number of ether oxygens (including phenoxy) is 1. The van der Waals surface area contributed by atoms with Crippen LogP contribution in [0, 0.1) is 0 Å². The highest BCUT2D eigenvalue weighted by Crippen LogP contribution is 2.14. The van der Waals surface area contributed by atoms with E-state index < -0.39 is 0 Å². The highest BCUT2D eigenvalue weighted by molar-refractivity contribution is 5.75. The first-order valence-electron chi connectivity index (χ1n) is 5.51. The summed E-state index contributed by atoms with van der Waals surface area (Å²) in [5.41, 5.74) is 6.05. The Labute approximate surface area is 98.8 Å². The molecule has 2 rings (SSSR count). The van der Waals surface area contributed by atoms with E-state index in [2.05, 4.69) is 4.98 Å². The number of pyridine rings is 2. The number of nitrogens with two attached hydrogens (primary N) is 1. The molecule has 5 heteroatoms. The summed E-state index contributed by atoms with van der Waals surface area (Å²) >= 11 is 0. The Morgan fingerprint density at radius 1 is 1.35 bits per heavy atom. The van der Waals surface area contributed by atoms with Crippen LogP contribution in [0.2, 0.25) is 0 Å². The predicted octanol–water partition coefficient (Wildman–Crippen LogP) is 0.754. The van der Waals surface area contributed by atoms with Gasteiger partial charge in [0.05, 0.1) is 7.11 Å². The summed E-state index contributed by atoms with van der Waals surface area (Å²) in [6.45, 7) is 1.12. The van der Waals surface area contributed by atoms with E-state index in [1.165, 1.54) is 0 Å². The number of fused-ring (bicyclic) bond motifs is 1. The van der Waals surface area contributed by atoms with Gasteiger partial charge in [-0.3, -0.25) is 9.36 Å². The van der Waals surface area contributed by atoms with Crippen molar-refractivity contribution >= 4 is 11.0 Å². The zero-order valence-corrected chi connectivity index (χ0v) is 9.72. The van der Waals surface area contributed by atoms with Gasteiger partial charge < -0.3 is 10.5 Å². The molecule has 2 aromatic rings. The van der Waals surface area contributed by atoms with Gasteiger partial charge in [0.15, 0.2) is 0 Å². The Morgan fingerprint density at radius 2 is 2.12 bits per heavy atom. The molecule has 0 spiro atoms. The number of hydrogen-bond donors (Lipinski definition) is 1. The summed E-state index contributed by atoms with van der Waals surface area (Å²) in [6.07, 6.45) is 0.748. The number of methoxy groups -OCH3 is 1. The molecule has 0 unspecified atom stereocenters. The van der Waals surface area contributed by atoms with Gasteiger partial charge in [0.2, 0.25) is 5.88 Å². The van der Waals surface area contributed by atoms with Crippen molar-refractivity contribution in [1.29, 1.82) is 0 Å². The minimum Gasteiger partial charge on any atom is -0.481 e. The quantitative estimate of drug-likeness (QED) is 0.846. The van der Waals surface area contributed by atoms with Crippen LogP contribution in [-0.2, 0) is 6.54 Å². The molecule has 17 heavy (non-hydrogen) atoms.